The molecule has 0 aromatic heterocycles. The molecule has 0 heterocycles. The summed E-state index contributed by atoms with van der Waals surface area (Å²) in [5.74, 6) is 0.450. The van der Waals surface area contributed by atoms with Gasteiger partial charge in [0.2, 0.25) is 10.0 Å². The molecule has 1 aromatic rings. The number of sulfonamides is 1. The van der Waals surface area contributed by atoms with Crippen molar-refractivity contribution in [2.75, 3.05) is 27.2 Å². The minimum atomic E-state index is -3.51. The molecule has 0 atom stereocenters. The van der Waals surface area contributed by atoms with Crippen molar-refractivity contribution in [3.05, 3.63) is 23.2 Å². The molecule has 102 valence electrons. The summed E-state index contributed by atoms with van der Waals surface area (Å²) in [6, 6.07) is 4.37. The van der Waals surface area contributed by atoms with E-state index in [1.807, 2.05) is 7.05 Å². The van der Waals surface area contributed by atoms with Crippen LogP contribution in [0.2, 0.25) is 5.02 Å². The van der Waals surface area contributed by atoms with E-state index in [1.54, 1.807) is 0 Å². The fraction of sp³-hybridized carbons (Fsp3) is 0.455. The Morgan fingerprint density at radius 3 is 2.61 bits per heavy atom. The molecule has 2 N–H and O–H groups in total. The lowest BCUT2D eigenvalue weighted by atomic mass is 10.3. The van der Waals surface area contributed by atoms with Crippen molar-refractivity contribution < 1.29 is 13.2 Å². The largest absolute Gasteiger partial charge is 0.495 e. The highest BCUT2D eigenvalue weighted by atomic mass is 35.5. The van der Waals surface area contributed by atoms with E-state index in [0.717, 1.165) is 13.0 Å². The molecule has 0 saturated carbocycles. The van der Waals surface area contributed by atoms with Crippen LogP contribution in [-0.2, 0) is 10.0 Å². The first-order valence-corrected chi connectivity index (χ1v) is 7.35. The maximum absolute atomic E-state index is 11.9. The fourth-order valence-electron chi connectivity index (χ4n) is 1.37. The number of hydrogen-bond acceptors (Lipinski definition) is 4. The van der Waals surface area contributed by atoms with Crippen LogP contribution < -0.4 is 14.8 Å². The van der Waals surface area contributed by atoms with Crippen LogP contribution in [0.3, 0.4) is 0 Å². The smallest absolute Gasteiger partial charge is 0.240 e. The summed E-state index contributed by atoms with van der Waals surface area (Å²) < 4.78 is 31.3. The Bertz CT molecular complexity index is 491. The van der Waals surface area contributed by atoms with Gasteiger partial charge in [0.05, 0.1) is 17.0 Å². The number of rotatable bonds is 7. The monoisotopic (exact) mass is 292 g/mol. The number of hydrogen-bond donors (Lipinski definition) is 2. The van der Waals surface area contributed by atoms with Crippen molar-refractivity contribution in [2.45, 2.75) is 11.3 Å². The highest BCUT2D eigenvalue weighted by Gasteiger charge is 2.15. The number of methoxy groups -OCH3 is 1. The van der Waals surface area contributed by atoms with Crippen LogP contribution in [0.5, 0.6) is 5.75 Å². The molecular weight excluding hydrogens is 276 g/mol. The third-order valence-electron chi connectivity index (χ3n) is 2.33. The summed E-state index contributed by atoms with van der Waals surface area (Å²) >= 11 is 5.89. The molecule has 1 rings (SSSR count). The molecule has 0 saturated heterocycles. The zero-order valence-corrected chi connectivity index (χ0v) is 11.9. The minimum Gasteiger partial charge on any atom is -0.495 e. The summed E-state index contributed by atoms with van der Waals surface area (Å²) in [4.78, 5) is 0.137. The highest BCUT2D eigenvalue weighted by Crippen LogP contribution is 2.26. The van der Waals surface area contributed by atoms with Crippen LogP contribution in [0.15, 0.2) is 23.1 Å². The van der Waals surface area contributed by atoms with Gasteiger partial charge in [0.1, 0.15) is 5.75 Å². The van der Waals surface area contributed by atoms with Gasteiger partial charge >= 0.3 is 0 Å². The third kappa shape index (κ3) is 4.13. The molecule has 0 spiro atoms. The van der Waals surface area contributed by atoms with Gasteiger partial charge in [-0.25, -0.2) is 13.1 Å². The van der Waals surface area contributed by atoms with Crippen LogP contribution >= 0.6 is 11.6 Å². The molecule has 0 aliphatic rings. The first-order valence-electron chi connectivity index (χ1n) is 5.49. The summed E-state index contributed by atoms with van der Waals surface area (Å²) in [5, 5.41) is 3.22. The maximum atomic E-state index is 11.9. The Kier molecular flexibility index (Phi) is 5.87. The van der Waals surface area contributed by atoms with Crippen LogP contribution in [0.1, 0.15) is 6.42 Å². The second-order valence-corrected chi connectivity index (χ2v) is 5.83. The molecular formula is C11H17ClN2O3S. The van der Waals surface area contributed by atoms with Crippen LogP contribution in [0.25, 0.3) is 0 Å². The van der Waals surface area contributed by atoms with Crippen molar-refractivity contribution >= 4 is 21.6 Å². The lowest BCUT2D eigenvalue weighted by molar-refractivity contribution is 0.414. The number of ether oxygens (including phenoxy) is 1. The number of halogens is 1. The Morgan fingerprint density at radius 1 is 1.33 bits per heavy atom. The van der Waals surface area contributed by atoms with E-state index < -0.39 is 10.0 Å². The highest BCUT2D eigenvalue weighted by molar-refractivity contribution is 7.89. The summed E-state index contributed by atoms with van der Waals surface area (Å²) in [5.41, 5.74) is 0. The third-order valence-corrected chi connectivity index (χ3v) is 4.08. The second kappa shape index (κ2) is 6.94. The van der Waals surface area contributed by atoms with E-state index in [1.165, 1.54) is 25.3 Å². The molecule has 0 bridgehead atoms. The summed E-state index contributed by atoms with van der Waals surface area (Å²) in [7, 11) is -0.211. The van der Waals surface area contributed by atoms with Crippen LogP contribution in [0, 0.1) is 0 Å². The lowest BCUT2D eigenvalue weighted by Crippen LogP contribution is -2.26. The predicted molar refractivity (Wildman–Crippen MR) is 71.7 cm³/mol. The molecule has 0 amide bonds. The second-order valence-electron chi connectivity index (χ2n) is 3.65. The van der Waals surface area contributed by atoms with Crippen molar-refractivity contribution in [1.82, 2.24) is 10.0 Å². The predicted octanol–water partition coefficient (Wildman–Crippen LogP) is 1.24. The van der Waals surface area contributed by atoms with Gasteiger partial charge in [-0.1, -0.05) is 11.6 Å². The number of nitrogens with one attached hydrogen (secondary N) is 2. The minimum absolute atomic E-state index is 0.137. The zero-order chi connectivity index (χ0) is 13.6. The Hall–Kier alpha value is -0.820. The fourth-order valence-corrected chi connectivity index (χ4v) is 2.79. The molecule has 7 heteroatoms. The van der Waals surface area contributed by atoms with Crippen LogP contribution in [-0.4, -0.2) is 35.7 Å². The molecule has 0 aliphatic heterocycles. The van der Waals surface area contributed by atoms with Gasteiger partial charge in [-0.15, -0.1) is 0 Å². The molecule has 18 heavy (non-hydrogen) atoms. The quantitative estimate of drug-likeness (QED) is 0.742. The van der Waals surface area contributed by atoms with Gasteiger partial charge in [-0.05, 0) is 38.2 Å². The first kappa shape index (κ1) is 15.2. The Morgan fingerprint density at radius 2 is 2.06 bits per heavy atom. The molecule has 5 nitrogen and oxygen atoms in total. The lowest BCUT2D eigenvalue weighted by Gasteiger charge is -2.08. The van der Waals surface area contributed by atoms with E-state index >= 15 is 0 Å². The summed E-state index contributed by atoms with van der Waals surface area (Å²) in [6.45, 7) is 1.14. The normalized spacial score (nSPS) is 11.5. The molecule has 1 aromatic carbocycles. The SMILES string of the molecule is CNCCCNS(=O)(=O)c1ccc(OC)c(Cl)c1. The van der Waals surface area contributed by atoms with Crippen molar-refractivity contribution in [2.24, 2.45) is 0 Å². The van der Waals surface area contributed by atoms with E-state index in [9.17, 15) is 8.42 Å². The van der Waals surface area contributed by atoms with Crippen LogP contribution in [0.4, 0.5) is 0 Å². The molecule has 0 fully saturated rings. The van der Waals surface area contributed by atoms with E-state index in [-0.39, 0.29) is 9.92 Å². The first-order chi connectivity index (χ1) is 8.51. The van der Waals surface area contributed by atoms with Gasteiger partial charge in [-0.2, -0.15) is 0 Å². The van der Waals surface area contributed by atoms with Crippen molar-refractivity contribution in [3.8, 4) is 5.75 Å². The summed E-state index contributed by atoms with van der Waals surface area (Å²) in [6.07, 6.45) is 0.722. The Balaban J connectivity index is 2.76. The average molecular weight is 293 g/mol. The van der Waals surface area contributed by atoms with Crippen molar-refractivity contribution in [3.63, 3.8) is 0 Å². The molecule has 0 radical (unpaired) electrons. The van der Waals surface area contributed by atoms with Gasteiger partial charge in [0.15, 0.2) is 0 Å². The van der Waals surface area contributed by atoms with Gasteiger partial charge in [0, 0.05) is 6.54 Å². The van der Waals surface area contributed by atoms with E-state index in [0.29, 0.717) is 12.3 Å². The Labute approximate surface area is 113 Å². The van der Waals surface area contributed by atoms with Gasteiger partial charge in [-0.3, -0.25) is 0 Å². The average Bonchev–Trinajstić information content (AvgIpc) is 2.34. The standard InChI is InChI=1S/C11H17ClN2O3S/c1-13-6-3-7-14-18(15,16)9-4-5-11(17-2)10(12)8-9/h4-5,8,13-14H,3,6-7H2,1-2H3. The molecule has 0 unspecified atom stereocenters. The van der Waals surface area contributed by atoms with E-state index in [2.05, 4.69) is 10.0 Å². The van der Waals surface area contributed by atoms with E-state index in [4.69, 9.17) is 16.3 Å². The number of benzene rings is 1. The zero-order valence-electron chi connectivity index (χ0n) is 10.4. The van der Waals surface area contributed by atoms with Crippen molar-refractivity contribution in [1.29, 1.82) is 0 Å². The van der Waals surface area contributed by atoms with Gasteiger partial charge < -0.3 is 10.1 Å². The topological polar surface area (TPSA) is 67.4 Å². The molecule has 0 aliphatic carbocycles. The maximum Gasteiger partial charge on any atom is 0.240 e. The van der Waals surface area contributed by atoms with Gasteiger partial charge in [0.25, 0.3) is 0 Å².